The van der Waals surface area contributed by atoms with Crippen molar-refractivity contribution in [1.82, 2.24) is 14.9 Å². The fraction of sp³-hybridized carbons (Fsp3) is 0.120. The van der Waals surface area contributed by atoms with E-state index in [2.05, 4.69) is 53.9 Å². The van der Waals surface area contributed by atoms with Crippen LogP contribution in [0.25, 0.3) is 5.69 Å². The maximum absolute atomic E-state index is 14.0. The molecule has 0 saturated carbocycles. The molecule has 5 rings (SSSR count). The standard InChI is InChI=1S/C25H20BrFN4S/c1-16-15-19(11-12-20(16)27)31-24(23(29-25(31)32)21-5-2-3-13-28-21)22-6-4-14-30(22)18-9-7-17(26)8-10-18/h2-15,23-24H,1H3,(H,29,32)/t23-,24-/m1/s1. The summed E-state index contributed by atoms with van der Waals surface area (Å²) < 4.78 is 17.2. The van der Waals surface area contributed by atoms with Gasteiger partial charge in [-0.15, -0.1) is 0 Å². The molecule has 1 aliphatic heterocycles. The lowest BCUT2D eigenvalue weighted by molar-refractivity contribution is 0.549. The molecule has 2 atom stereocenters. The quantitative estimate of drug-likeness (QED) is 0.331. The van der Waals surface area contributed by atoms with E-state index in [0.29, 0.717) is 10.7 Å². The summed E-state index contributed by atoms with van der Waals surface area (Å²) >= 11 is 9.29. The van der Waals surface area contributed by atoms with Crippen molar-refractivity contribution in [2.24, 2.45) is 0 Å². The van der Waals surface area contributed by atoms with Gasteiger partial charge >= 0.3 is 0 Å². The number of hydrogen-bond donors (Lipinski definition) is 1. The van der Waals surface area contributed by atoms with Crippen molar-refractivity contribution in [2.45, 2.75) is 19.0 Å². The van der Waals surface area contributed by atoms with Gasteiger partial charge in [-0.25, -0.2) is 4.39 Å². The molecule has 0 unspecified atom stereocenters. The maximum atomic E-state index is 14.0. The van der Waals surface area contributed by atoms with Crippen molar-refractivity contribution in [3.63, 3.8) is 0 Å². The van der Waals surface area contributed by atoms with Gasteiger partial charge in [-0.3, -0.25) is 4.98 Å². The molecule has 4 aromatic rings. The summed E-state index contributed by atoms with van der Waals surface area (Å²) in [7, 11) is 0. The number of nitrogens with one attached hydrogen (secondary N) is 1. The molecule has 0 amide bonds. The monoisotopic (exact) mass is 506 g/mol. The minimum Gasteiger partial charge on any atom is -0.351 e. The van der Waals surface area contributed by atoms with Gasteiger partial charge in [-0.1, -0.05) is 22.0 Å². The first-order chi connectivity index (χ1) is 15.5. The number of aryl methyl sites for hydroxylation is 1. The fourth-order valence-corrected chi connectivity index (χ4v) is 4.79. The van der Waals surface area contributed by atoms with E-state index in [0.717, 1.165) is 27.2 Å². The predicted molar refractivity (Wildman–Crippen MR) is 133 cm³/mol. The van der Waals surface area contributed by atoms with Crippen LogP contribution in [0.15, 0.2) is 89.7 Å². The van der Waals surface area contributed by atoms with E-state index in [9.17, 15) is 4.39 Å². The summed E-state index contributed by atoms with van der Waals surface area (Å²) in [5.41, 5.74) is 4.41. The van der Waals surface area contributed by atoms with Crippen LogP contribution < -0.4 is 10.2 Å². The Hall–Kier alpha value is -3.03. The number of hydrogen-bond acceptors (Lipinski definition) is 2. The Balaban J connectivity index is 1.67. The predicted octanol–water partition coefficient (Wildman–Crippen LogP) is 6.26. The van der Waals surface area contributed by atoms with E-state index >= 15 is 0 Å². The Labute approximate surface area is 199 Å². The van der Waals surface area contributed by atoms with Gasteiger partial charge in [0.1, 0.15) is 11.9 Å². The third-order valence-electron chi connectivity index (χ3n) is 5.71. The van der Waals surface area contributed by atoms with Gasteiger partial charge in [0.2, 0.25) is 0 Å². The molecule has 32 heavy (non-hydrogen) atoms. The van der Waals surface area contributed by atoms with Crippen molar-refractivity contribution in [2.75, 3.05) is 4.90 Å². The molecule has 0 radical (unpaired) electrons. The Morgan fingerprint density at radius 3 is 2.50 bits per heavy atom. The summed E-state index contributed by atoms with van der Waals surface area (Å²) in [6.07, 6.45) is 3.83. The zero-order valence-electron chi connectivity index (χ0n) is 17.2. The molecule has 3 heterocycles. The summed E-state index contributed by atoms with van der Waals surface area (Å²) in [6, 6.07) is 22.9. The van der Waals surface area contributed by atoms with Crippen LogP contribution in [-0.4, -0.2) is 14.7 Å². The summed E-state index contributed by atoms with van der Waals surface area (Å²) in [4.78, 5) is 6.67. The molecule has 7 heteroatoms. The highest BCUT2D eigenvalue weighted by Gasteiger charge is 2.42. The topological polar surface area (TPSA) is 33.1 Å². The van der Waals surface area contributed by atoms with E-state index in [4.69, 9.17) is 12.2 Å². The molecule has 4 nitrogen and oxygen atoms in total. The van der Waals surface area contributed by atoms with Gasteiger partial charge in [0.25, 0.3) is 0 Å². The summed E-state index contributed by atoms with van der Waals surface area (Å²) in [5.74, 6) is -0.233. The second-order valence-corrected chi connectivity index (χ2v) is 9.01. The normalized spacial score (nSPS) is 18.1. The molecule has 0 bridgehead atoms. The fourth-order valence-electron chi connectivity index (χ4n) is 4.18. The van der Waals surface area contributed by atoms with Crippen molar-refractivity contribution in [3.05, 3.63) is 112 Å². The number of thiocarbonyl (C=S) groups is 1. The van der Waals surface area contributed by atoms with Crippen LogP contribution in [0.5, 0.6) is 0 Å². The van der Waals surface area contributed by atoms with Gasteiger partial charge in [0, 0.05) is 33.9 Å². The van der Waals surface area contributed by atoms with E-state index in [-0.39, 0.29) is 17.9 Å². The highest BCUT2D eigenvalue weighted by molar-refractivity contribution is 9.10. The minimum absolute atomic E-state index is 0.168. The van der Waals surface area contributed by atoms with Gasteiger partial charge < -0.3 is 14.8 Å². The van der Waals surface area contributed by atoms with Crippen LogP contribution in [-0.2, 0) is 0 Å². The Morgan fingerprint density at radius 2 is 1.78 bits per heavy atom. The maximum Gasteiger partial charge on any atom is 0.174 e. The number of pyridine rings is 1. The Kier molecular flexibility index (Phi) is 5.53. The van der Waals surface area contributed by atoms with E-state index < -0.39 is 0 Å². The van der Waals surface area contributed by atoms with Gasteiger partial charge in [0.15, 0.2) is 5.11 Å². The Morgan fingerprint density at radius 1 is 1.00 bits per heavy atom. The van der Waals surface area contributed by atoms with Crippen molar-refractivity contribution in [1.29, 1.82) is 0 Å². The van der Waals surface area contributed by atoms with Crippen LogP contribution in [0, 0.1) is 12.7 Å². The lowest BCUT2D eigenvalue weighted by atomic mass is 10.0. The van der Waals surface area contributed by atoms with E-state index in [1.54, 1.807) is 19.2 Å². The van der Waals surface area contributed by atoms with Crippen molar-refractivity contribution >= 4 is 38.9 Å². The van der Waals surface area contributed by atoms with Crippen molar-refractivity contribution < 1.29 is 4.39 Å². The first-order valence-corrected chi connectivity index (χ1v) is 11.4. The molecule has 1 N–H and O–H groups in total. The minimum atomic E-state index is -0.233. The van der Waals surface area contributed by atoms with Gasteiger partial charge in [-0.05, 0) is 91.4 Å². The summed E-state index contributed by atoms with van der Waals surface area (Å²) in [6.45, 7) is 1.77. The molecular weight excluding hydrogens is 487 g/mol. The first kappa shape index (κ1) is 20.8. The zero-order chi connectivity index (χ0) is 22.2. The number of rotatable bonds is 4. The Bertz CT molecular complexity index is 1270. The van der Waals surface area contributed by atoms with Crippen LogP contribution >= 0.6 is 28.1 Å². The third-order valence-corrected chi connectivity index (χ3v) is 6.55. The highest BCUT2D eigenvalue weighted by atomic mass is 79.9. The number of halogens is 2. The van der Waals surface area contributed by atoms with Crippen LogP contribution in [0.4, 0.5) is 10.1 Å². The third kappa shape index (κ3) is 3.72. The number of benzene rings is 2. The molecular formula is C25H20BrFN4S. The molecule has 0 aliphatic carbocycles. The lowest BCUT2D eigenvalue weighted by Gasteiger charge is -2.29. The molecule has 0 spiro atoms. The van der Waals surface area contributed by atoms with Gasteiger partial charge in [0.05, 0.1) is 11.7 Å². The molecule has 160 valence electrons. The average Bonchev–Trinajstić information content (AvgIpc) is 3.41. The SMILES string of the molecule is Cc1cc(N2C(=S)N[C@H](c3ccccn3)[C@H]2c2cccn2-c2ccc(Br)cc2)ccc1F. The molecule has 1 aliphatic rings. The molecule has 1 fully saturated rings. The molecule has 2 aromatic heterocycles. The lowest BCUT2D eigenvalue weighted by Crippen LogP contribution is -2.30. The van der Waals surface area contributed by atoms with E-state index in [1.165, 1.54) is 6.07 Å². The number of nitrogens with zero attached hydrogens (tertiary/aromatic N) is 3. The van der Waals surface area contributed by atoms with Crippen molar-refractivity contribution in [3.8, 4) is 5.69 Å². The second kappa shape index (κ2) is 8.48. The zero-order valence-corrected chi connectivity index (χ0v) is 19.6. The smallest absolute Gasteiger partial charge is 0.174 e. The van der Waals surface area contributed by atoms with Crippen LogP contribution in [0.2, 0.25) is 0 Å². The largest absolute Gasteiger partial charge is 0.351 e. The van der Waals surface area contributed by atoms with Crippen LogP contribution in [0.3, 0.4) is 0 Å². The molecule has 1 saturated heterocycles. The average molecular weight is 507 g/mol. The molecule has 2 aromatic carbocycles. The second-order valence-electron chi connectivity index (χ2n) is 7.71. The van der Waals surface area contributed by atoms with Gasteiger partial charge in [-0.2, -0.15) is 0 Å². The van der Waals surface area contributed by atoms with Crippen LogP contribution in [0.1, 0.15) is 29.0 Å². The number of anilines is 1. The highest BCUT2D eigenvalue weighted by Crippen LogP contribution is 2.42. The van der Waals surface area contributed by atoms with E-state index in [1.807, 2.05) is 48.7 Å². The number of aromatic nitrogens is 2. The first-order valence-electron chi connectivity index (χ1n) is 10.2. The summed E-state index contributed by atoms with van der Waals surface area (Å²) in [5, 5.41) is 4.04.